The lowest BCUT2D eigenvalue weighted by molar-refractivity contribution is -0.114. The zero-order valence-corrected chi connectivity index (χ0v) is 7.77. The second-order valence-electron chi connectivity index (χ2n) is 2.99. The van der Waals surface area contributed by atoms with E-state index in [1.165, 1.54) is 5.01 Å². The molecule has 14 heavy (non-hydrogen) atoms. The van der Waals surface area contributed by atoms with Crippen LogP contribution in [0.15, 0.2) is 41.8 Å². The molecule has 2 rings (SSSR count). The molecule has 0 aliphatic carbocycles. The average molecular weight is 187 g/mol. The van der Waals surface area contributed by atoms with Crippen LogP contribution in [0.5, 0.6) is 0 Å². The molecule has 0 saturated carbocycles. The van der Waals surface area contributed by atoms with Crippen molar-refractivity contribution in [2.45, 2.75) is 6.92 Å². The first-order chi connectivity index (χ1) is 6.70. The van der Waals surface area contributed by atoms with Crippen LogP contribution in [0.25, 0.3) is 0 Å². The lowest BCUT2D eigenvalue weighted by Crippen LogP contribution is -2.20. The molecular formula is C10H9N3O. The van der Waals surface area contributed by atoms with Gasteiger partial charge in [-0.2, -0.15) is 10.1 Å². The number of hydrogen-bond acceptors (Lipinski definition) is 3. The molecule has 70 valence electrons. The molecule has 0 N–H and O–H groups in total. The first-order valence-corrected chi connectivity index (χ1v) is 4.19. The average Bonchev–Trinajstić information content (AvgIpc) is 2.47. The van der Waals surface area contributed by atoms with Crippen LogP contribution in [0, 0.1) is 0 Å². The van der Waals surface area contributed by atoms with E-state index in [2.05, 4.69) is 16.7 Å². The summed E-state index contributed by atoms with van der Waals surface area (Å²) in [6, 6.07) is 3.54. The van der Waals surface area contributed by atoms with Crippen molar-refractivity contribution in [3.05, 3.63) is 36.7 Å². The molecule has 0 aromatic carbocycles. The molecule has 1 aliphatic rings. The van der Waals surface area contributed by atoms with Crippen molar-refractivity contribution in [3.63, 3.8) is 0 Å². The van der Waals surface area contributed by atoms with Crippen molar-refractivity contribution in [2.24, 2.45) is 5.10 Å². The third kappa shape index (κ3) is 1.21. The highest BCUT2D eigenvalue weighted by atomic mass is 16.2. The number of aromatic nitrogens is 1. The van der Waals surface area contributed by atoms with Gasteiger partial charge in [-0.25, -0.2) is 0 Å². The molecule has 0 bridgehead atoms. The Morgan fingerprint density at radius 1 is 1.50 bits per heavy atom. The molecule has 4 heteroatoms. The topological polar surface area (TPSA) is 45.6 Å². The summed E-state index contributed by atoms with van der Waals surface area (Å²) >= 11 is 0. The zero-order valence-electron chi connectivity index (χ0n) is 7.77. The third-order valence-electron chi connectivity index (χ3n) is 2.03. The predicted octanol–water partition coefficient (Wildman–Crippen LogP) is 1.36. The SMILES string of the molecule is C=C1C(=O)N(c2cccnc2)N=C1C. The van der Waals surface area contributed by atoms with Gasteiger partial charge >= 0.3 is 0 Å². The van der Waals surface area contributed by atoms with Crippen LogP contribution >= 0.6 is 0 Å². The fourth-order valence-corrected chi connectivity index (χ4v) is 1.19. The maximum atomic E-state index is 11.6. The van der Waals surface area contributed by atoms with Crippen LogP contribution in [-0.2, 0) is 4.79 Å². The largest absolute Gasteiger partial charge is 0.280 e. The van der Waals surface area contributed by atoms with Crippen molar-refractivity contribution < 1.29 is 4.79 Å². The van der Waals surface area contributed by atoms with Gasteiger partial charge in [0, 0.05) is 6.20 Å². The third-order valence-corrected chi connectivity index (χ3v) is 2.03. The first-order valence-electron chi connectivity index (χ1n) is 4.19. The standard InChI is InChI=1S/C10H9N3O/c1-7-8(2)12-13(10(7)14)9-4-3-5-11-6-9/h3-6H,1H2,2H3. The van der Waals surface area contributed by atoms with Crippen LogP contribution in [-0.4, -0.2) is 16.6 Å². The summed E-state index contributed by atoms with van der Waals surface area (Å²) in [6.45, 7) is 5.41. The maximum Gasteiger partial charge on any atom is 0.280 e. The van der Waals surface area contributed by atoms with Gasteiger partial charge in [0.05, 0.1) is 23.2 Å². The normalized spacial score (nSPS) is 16.1. The zero-order chi connectivity index (χ0) is 10.1. The van der Waals surface area contributed by atoms with Gasteiger partial charge in [0.2, 0.25) is 0 Å². The minimum Gasteiger partial charge on any atom is -0.267 e. The van der Waals surface area contributed by atoms with E-state index in [1.54, 1.807) is 31.5 Å². The van der Waals surface area contributed by atoms with E-state index in [9.17, 15) is 4.79 Å². The molecule has 0 fully saturated rings. The summed E-state index contributed by atoms with van der Waals surface area (Å²) in [7, 11) is 0. The van der Waals surface area contributed by atoms with Gasteiger partial charge in [-0.3, -0.25) is 9.78 Å². The van der Waals surface area contributed by atoms with Crippen molar-refractivity contribution in [3.8, 4) is 0 Å². The number of nitrogens with zero attached hydrogens (tertiary/aromatic N) is 3. The van der Waals surface area contributed by atoms with Gasteiger partial charge < -0.3 is 0 Å². The number of pyridine rings is 1. The monoisotopic (exact) mass is 187 g/mol. The van der Waals surface area contributed by atoms with Crippen molar-refractivity contribution >= 4 is 17.3 Å². The number of amides is 1. The quantitative estimate of drug-likeness (QED) is 0.623. The molecule has 0 saturated heterocycles. The highest BCUT2D eigenvalue weighted by Gasteiger charge is 2.26. The summed E-state index contributed by atoms with van der Waals surface area (Å²) in [4.78, 5) is 15.5. The van der Waals surface area contributed by atoms with Gasteiger partial charge in [0.15, 0.2) is 0 Å². The van der Waals surface area contributed by atoms with Crippen LogP contribution in [0.1, 0.15) is 6.92 Å². The molecule has 0 unspecified atom stereocenters. The van der Waals surface area contributed by atoms with Gasteiger partial charge in [0.25, 0.3) is 5.91 Å². The lowest BCUT2D eigenvalue weighted by atomic mass is 10.2. The Balaban J connectivity index is 2.39. The van der Waals surface area contributed by atoms with Crippen molar-refractivity contribution in [1.29, 1.82) is 0 Å². The molecule has 1 aromatic rings. The second-order valence-corrected chi connectivity index (χ2v) is 2.99. The van der Waals surface area contributed by atoms with Gasteiger partial charge in [-0.05, 0) is 19.1 Å². The van der Waals surface area contributed by atoms with E-state index in [4.69, 9.17) is 0 Å². The Morgan fingerprint density at radius 3 is 2.79 bits per heavy atom. The molecule has 1 amide bonds. The van der Waals surface area contributed by atoms with Gasteiger partial charge in [0.1, 0.15) is 0 Å². The molecule has 0 spiro atoms. The van der Waals surface area contributed by atoms with Crippen LogP contribution in [0.4, 0.5) is 5.69 Å². The Morgan fingerprint density at radius 2 is 2.29 bits per heavy atom. The summed E-state index contributed by atoms with van der Waals surface area (Å²) < 4.78 is 0. The Hall–Kier alpha value is -1.97. The van der Waals surface area contributed by atoms with E-state index in [1.807, 2.05) is 0 Å². The number of rotatable bonds is 1. The van der Waals surface area contributed by atoms with Crippen LogP contribution in [0.2, 0.25) is 0 Å². The predicted molar refractivity (Wildman–Crippen MR) is 54.0 cm³/mol. The van der Waals surface area contributed by atoms with E-state index < -0.39 is 0 Å². The summed E-state index contributed by atoms with van der Waals surface area (Å²) in [5.74, 6) is -0.185. The Labute approximate surface area is 81.6 Å². The van der Waals surface area contributed by atoms with Gasteiger partial charge in [-0.15, -0.1) is 0 Å². The van der Waals surface area contributed by atoms with E-state index in [0.29, 0.717) is 17.0 Å². The molecule has 1 aromatic heterocycles. The smallest absolute Gasteiger partial charge is 0.267 e. The number of anilines is 1. The minimum atomic E-state index is -0.185. The summed E-state index contributed by atoms with van der Waals surface area (Å²) in [5.41, 5.74) is 1.75. The molecule has 4 nitrogen and oxygen atoms in total. The minimum absolute atomic E-state index is 0.185. The number of carbonyl (C=O) groups excluding carboxylic acids is 1. The van der Waals surface area contributed by atoms with Gasteiger partial charge in [-0.1, -0.05) is 6.58 Å². The van der Waals surface area contributed by atoms with Crippen molar-refractivity contribution in [1.82, 2.24) is 4.98 Å². The second kappa shape index (κ2) is 3.06. The molecule has 2 heterocycles. The van der Waals surface area contributed by atoms with E-state index in [0.717, 1.165) is 0 Å². The van der Waals surface area contributed by atoms with Crippen LogP contribution in [0.3, 0.4) is 0 Å². The highest BCUT2D eigenvalue weighted by molar-refractivity contribution is 6.29. The molecular weight excluding hydrogens is 178 g/mol. The first kappa shape index (κ1) is 8.62. The number of carbonyl (C=O) groups is 1. The van der Waals surface area contributed by atoms with Crippen LogP contribution < -0.4 is 5.01 Å². The van der Waals surface area contributed by atoms with Crippen molar-refractivity contribution in [2.75, 3.05) is 5.01 Å². The number of hydrazone groups is 1. The number of hydrogen-bond donors (Lipinski definition) is 0. The molecule has 0 atom stereocenters. The lowest BCUT2D eigenvalue weighted by Gasteiger charge is -2.09. The Bertz CT molecular complexity index is 422. The summed E-state index contributed by atoms with van der Waals surface area (Å²) in [5, 5.41) is 5.39. The molecule has 1 aliphatic heterocycles. The highest BCUT2D eigenvalue weighted by Crippen LogP contribution is 2.20. The Kier molecular flexibility index (Phi) is 1.89. The van der Waals surface area contributed by atoms with E-state index in [-0.39, 0.29) is 5.91 Å². The van der Waals surface area contributed by atoms with E-state index >= 15 is 0 Å². The maximum absolute atomic E-state index is 11.6. The summed E-state index contributed by atoms with van der Waals surface area (Å²) in [6.07, 6.45) is 3.24. The fraction of sp³-hybridized carbons (Fsp3) is 0.100. The fourth-order valence-electron chi connectivity index (χ4n) is 1.19. The molecule has 0 radical (unpaired) electrons.